The highest BCUT2D eigenvalue weighted by Crippen LogP contribution is 2.42. The minimum atomic E-state index is -0.479. The first kappa shape index (κ1) is 15.5. The number of hydrogen-bond donors (Lipinski definition) is 0. The van der Waals surface area contributed by atoms with Crippen LogP contribution in [-0.2, 0) is 16.0 Å². The number of benzene rings is 1. The van der Waals surface area contributed by atoms with Crippen LogP contribution in [0.15, 0.2) is 18.2 Å². The predicted molar refractivity (Wildman–Crippen MR) is 77.5 cm³/mol. The van der Waals surface area contributed by atoms with Crippen LogP contribution >= 0.6 is 11.6 Å². The maximum Gasteiger partial charge on any atom is 0.143 e. The van der Waals surface area contributed by atoms with Crippen LogP contribution in [0.25, 0.3) is 0 Å². The van der Waals surface area contributed by atoms with Crippen LogP contribution in [0, 0.1) is 11.7 Å². The maximum absolute atomic E-state index is 13.0. The Labute approximate surface area is 124 Å². The second-order valence-electron chi connectivity index (χ2n) is 6.60. The number of ketones is 1. The zero-order valence-corrected chi connectivity index (χ0v) is 13.1. The van der Waals surface area contributed by atoms with Crippen molar-refractivity contribution in [1.29, 1.82) is 0 Å². The number of hydrogen-bond acceptors (Lipinski definition) is 2. The molecule has 0 bridgehead atoms. The Balaban J connectivity index is 2.16. The van der Waals surface area contributed by atoms with Gasteiger partial charge in [-0.3, -0.25) is 4.79 Å². The second-order valence-corrected chi connectivity index (χ2v) is 7.01. The fraction of sp³-hybridized carbons (Fsp3) is 0.562. The Morgan fingerprint density at radius 2 is 2.05 bits per heavy atom. The first-order chi connectivity index (χ1) is 9.11. The Bertz CT molecular complexity index is 537. The van der Waals surface area contributed by atoms with Gasteiger partial charge in [-0.1, -0.05) is 17.7 Å². The summed E-state index contributed by atoms with van der Waals surface area (Å²) in [5.74, 6) is -0.468. The Kier molecular flexibility index (Phi) is 3.96. The molecule has 1 atom stereocenters. The molecule has 0 spiro atoms. The molecule has 1 aliphatic rings. The molecule has 110 valence electrons. The third-order valence-electron chi connectivity index (χ3n) is 3.84. The summed E-state index contributed by atoms with van der Waals surface area (Å²) in [6.07, 6.45) is 0.907. The highest BCUT2D eigenvalue weighted by atomic mass is 35.5. The molecule has 0 aliphatic carbocycles. The third-order valence-corrected chi connectivity index (χ3v) is 4.19. The Hall–Kier alpha value is -0.930. The highest BCUT2D eigenvalue weighted by molar-refractivity contribution is 6.31. The molecule has 1 aromatic rings. The first-order valence-corrected chi connectivity index (χ1v) is 7.15. The van der Waals surface area contributed by atoms with Crippen LogP contribution in [0.1, 0.15) is 39.7 Å². The van der Waals surface area contributed by atoms with Crippen molar-refractivity contribution in [1.82, 2.24) is 0 Å². The lowest BCUT2D eigenvalue weighted by molar-refractivity contribution is -0.128. The minimum Gasteiger partial charge on any atom is -0.369 e. The number of rotatable bonds is 3. The number of carbonyl (C=O) groups is 1. The van der Waals surface area contributed by atoms with Crippen molar-refractivity contribution in [2.45, 2.75) is 51.7 Å². The van der Waals surface area contributed by atoms with E-state index in [9.17, 15) is 9.18 Å². The van der Waals surface area contributed by atoms with Gasteiger partial charge in [0.15, 0.2) is 0 Å². The first-order valence-electron chi connectivity index (χ1n) is 6.77. The molecule has 4 heteroatoms. The largest absolute Gasteiger partial charge is 0.369 e. The summed E-state index contributed by atoms with van der Waals surface area (Å²) in [5, 5.41) is 0.300. The van der Waals surface area contributed by atoms with Crippen LogP contribution in [0.2, 0.25) is 5.02 Å². The zero-order chi connectivity index (χ0) is 15.1. The van der Waals surface area contributed by atoms with E-state index in [1.165, 1.54) is 12.1 Å². The van der Waals surface area contributed by atoms with E-state index in [1.54, 1.807) is 6.07 Å². The van der Waals surface area contributed by atoms with Crippen molar-refractivity contribution < 1.29 is 13.9 Å². The van der Waals surface area contributed by atoms with Crippen molar-refractivity contribution in [2.75, 3.05) is 0 Å². The topological polar surface area (TPSA) is 26.3 Å². The van der Waals surface area contributed by atoms with Gasteiger partial charge < -0.3 is 4.74 Å². The molecule has 0 radical (unpaired) electrons. The molecule has 1 aromatic carbocycles. The molecule has 20 heavy (non-hydrogen) atoms. The second kappa shape index (κ2) is 5.12. The average Bonchev–Trinajstić information content (AvgIpc) is 2.50. The van der Waals surface area contributed by atoms with E-state index >= 15 is 0 Å². The summed E-state index contributed by atoms with van der Waals surface area (Å²) in [7, 11) is 0. The van der Waals surface area contributed by atoms with E-state index in [4.69, 9.17) is 16.3 Å². The van der Waals surface area contributed by atoms with E-state index < -0.39 is 11.4 Å². The van der Waals surface area contributed by atoms with Crippen molar-refractivity contribution in [3.63, 3.8) is 0 Å². The lowest BCUT2D eigenvalue weighted by Gasteiger charge is -2.26. The van der Waals surface area contributed by atoms with Gasteiger partial charge in [-0.15, -0.1) is 0 Å². The number of halogens is 2. The quantitative estimate of drug-likeness (QED) is 0.836. The Morgan fingerprint density at radius 1 is 1.40 bits per heavy atom. The third kappa shape index (κ3) is 3.21. The monoisotopic (exact) mass is 298 g/mol. The summed E-state index contributed by atoms with van der Waals surface area (Å²) in [5.41, 5.74) is -0.109. The van der Waals surface area contributed by atoms with Gasteiger partial charge >= 0.3 is 0 Å². The molecular weight excluding hydrogens is 279 g/mol. The summed E-state index contributed by atoms with van der Waals surface area (Å²) < 4.78 is 19.0. The van der Waals surface area contributed by atoms with Gasteiger partial charge in [-0.25, -0.2) is 4.39 Å². The Morgan fingerprint density at radius 3 is 2.55 bits per heavy atom. The van der Waals surface area contributed by atoms with Crippen molar-refractivity contribution >= 4 is 17.4 Å². The predicted octanol–water partition coefficient (Wildman–Crippen LogP) is 4.18. The van der Waals surface area contributed by atoms with Crippen LogP contribution in [0.3, 0.4) is 0 Å². The lowest BCUT2D eigenvalue weighted by Crippen LogP contribution is -2.34. The van der Waals surface area contributed by atoms with E-state index in [1.807, 2.05) is 27.7 Å². The lowest BCUT2D eigenvalue weighted by atomic mass is 9.82. The van der Waals surface area contributed by atoms with Gasteiger partial charge in [-0.2, -0.15) is 0 Å². The molecule has 0 aromatic heterocycles. The summed E-state index contributed by atoms with van der Waals surface area (Å²) in [4.78, 5) is 12.5. The molecule has 0 amide bonds. The van der Waals surface area contributed by atoms with Gasteiger partial charge in [0.2, 0.25) is 0 Å². The van der Waals surface area contributed by atoms with Crippen LogP contribution in [-0.4, -0.2) is 17.0 Å². The van der Waals surface area contributed by atoms with E-state index in [0.29, 0.717) is 17.0 Å². The van der Waals surface area contributed by atoms with Crippen molar-refractivity contribution in [2.24, 2.45) is 5.92 Å². The van der Waals surface area contributed by atoms with Crippen molar-refractivity contribution in [3.05, 3.63) is 34.6 Å². The van der Waals surface area contributed by atoms with Crippen LogP contribution in [0.5, 0.6) is 0 Å². The normalized spacial score (nSPS) is 23.8. The molecule has 1 unspecified atom stereocenters. The van der Waals surface area contributed by atoms with E-state index in [-0.39, 0.29) is 23.7 Å². The maximum atomic E-state index is 13.0. The molecular formula is C16H20ClFO2. The highest BCUT2D eigenvalue weighted by Gasteiger charge is 2.48. The fourth-order valence-corrected chi connectivity index (χ4v) is 3.27. The summed E-state index contributed by atoms with van der Waals surface area (Å²) >= 11 is 5.98. The average molecular weight is 299 g/mol. The van der Waals surface area contributed by atoms with Gasteiger partial charge in [0, 0.05) is 17.4 Å². The zero-order valence-electron chi connectivity index (χ0n) is 12.3. The number of carbonyl (C=O) groups excluding carboxylic acids is 1. The molecule has 0 saturated carbocycles. The summed E-state index contributed by atoms with van der Waals surface area (Å²) in [6.45, 7) is 7.87. The minimum absolute atomic E-state index is 0.0917. The number of ether oxygens (including phenoxy) is 1. The molecule has 1 heterocycles. The molecule has 1 aliphatic heterocycles. The molecule has 2 rings (SSSR count). The SMILES string of the molecule is CC1(C)CC(C(=O)Cc2ccc(F)cc2Cl)C(C)(C)O1. The molecule has 1 fully saturated rings. The van der Waals surface area contributed by atoms with Gasteiger partial charge in [0.05, 0.1) is 11.2 Å². The van der Waals surface area contributed by atoms with Crippen LogP contribution < -0.4 is 0 Å². The van der Waals surface area contributed by atoms with Gasteiger partial charge in [0.25, 0.3) is 0 Å². The molecule has 1 saturated heterocycles. The van der Waals surface area contributed by atoms with Crippen LogP contribution in [0.4, 0.5) is 4.39 Å². The van der Waals surface area contributed by atoms with E-state index in [0.717, 1.165) is 0 Å². The smallest absolute Gasteiger partial charge is 0.143 e. The summed E-state index contributed by atoms with van der Waals surface area (Å²) in [6, 6.07) is 4.14. The molecule has 0 N–H and O–H groups in total. The van der Waals surface area contributed by atoms with Gasteiger partial charge in [0.1, 0.15) is 11.6 Å². The van der Waals surface area contributed by atoms with Crippen molar-refractivity contribution in [3.8, 4) is 0 Å². The van der Waals surface area contributed by atoms with E-state index in [2.05, 4.69) is 0 Å². The number of Topliss-reactive ketones (excluding diaryl/α,β-unsaturated/α-hetero) is 1. The standard InChI is InChI=1S/C16H20ClFO2/c1-15(2)9-12(16(3,4)20-15)14(19)7-10-5-6-11(18)8-13(10)17/h5-6,8,12H,7,9H2,1-4H3. The van der Waals surface area contributed by atoms with Gasteiger partial charge in [-0.05, 0) is 51.8 Å². The fourth-order valence-electron chi connectivity index (χ4n) is 3.04. The molecule has 2 nitrogen and oxygen atoms in total.